The molecule has 0 radical (unpaired) electrons. The summed E-state index contributed by atoms with van der Waals surface area (Å²) in [5.41, 5.74) is 5.55. The summed E-state index contributed by atoms with van der Waals surface area (Å²) in [7, 11) is 0. The molecule has 1 saturated heterocycles. The maximum atomic E-state index is 12.0. The maximum absolute atomic E-state index is 12.0. The van der Waals surface area contributed by atoms with Crippen LogP contribution in [0.2, 0.25) is 0 Å². The maximum Gasteiger partial charge on any atom is 0.236 e. The van der Waals surface area contributed by atoms with Gasteiger partial charge in [0.1, 0.15) is 0 Å². The van der Waals surface area contributed by atoms with Crippen molar-refractivity contribution in [2.24, 2.45) is 5.73 Å². The van der Waals surface area contributed by atoms with Gasteiger partial charge < -0.3 is 10.6 Å². The van der Waals surface area contributed by atoms with Crippen molar-refractivity contribution in [3.63, 3.8) is 0 Å². The lowest BCUT2D eigenvalue weighted by Crippen LogP contribution is -2.44. The molecule has 1 amide bonds. The Hall–Kier alpha value is -0.610. The minimum Gasteiger partial charge on any atom is -0.342 e. The van der Waals surface area contributed by atoms with Crippen LogP contribution in [0.4, 0.5) is 0 Å². The van der Waals surface area contributed by atoms with Crippen LogP contribution in [0, 0.1) is 0 Å². The highest BCUT2D eigenvalue weighted by Gasteiger charge is 2.18. The fourth-order valence-corrected chi connectivity index (χ4v) is 2.20. The van der Waals surface area contributed by atoms with Gasteiger partial charge in [-0.05, 0) is 32.2 Å². The lowest BCUT2D eigenvalue weighted by molar-refractivity contribution is -0.133. The average molecular weight is 227 g/mol. The number of amides is 1. The van der Waals surface area contributed by atoms with E-state index in [9.17, 15) is 4.79 Å². The summed E-state index contributed by atoms with van der Waals surface area (Å²) in [6.45, 7) is 7.00. The monoisotopic (exact) mass is 227 g/mol. The Bertz CT molecular complexity index is 196. The van der Waals surface area contributed by atoms with Gasteiger partial charge in [0, 0.05) is 26.2 Å². The molecular formula is C12H25N3O. The molecule has 0 aromatic heterocycles. The number of rotatable bonds is 6. The van der Waals surface area contributed by atoms with E-state index >= 15 is 0 Å². The molecule has 0 spiro atoms. The first-order chi connectivity index (χ1) is 7.77. The molecule has 0 aromatic carbocycles. The van der Waals surface area contributed by atoms with Gasteiger partial charge in [-0.1, -0.05) is 6.92 Å². The molecule has 4 heteroatoms. The number of carbonyl (C=O) groups excluding carboxylic acids is 1. The zero-order valence-corrected chi connectivity index (χ0v) is 10.5. The van der Waals surface area contributed by atoms with Gasteiger partial charge in [-0.25, -0.2) is 0 Å². The van der Waals surface area contributed by atoms with E-state index < -0.39 is 0 Å². The number of nitrogens with zero attached hydrogens (tertiary/aromatic N) is 2. The van der Waals surface area contributed by atoms with Crippen LogP contribution in [0.15, 0.2) is 0 Å². The van der Waals surface area contributed by atoms with E-state index in [0.29, 0.717) is 13.1 Å². The molecule has 1 aliphatic rings. The molecular weight excluding hydrogens is 202 g/mol. The quantitative estimate of drug-likeness (QED) is 0.725. The highest BCUT2D eigenvalue weighted by atomic mass is 16.2. The van der Waals surface area contributed by atoms with Crippen molar-refractivity contribution >= 4 is 5.91 Å². The van der Waals surface area contributed by atoms with Crippen LogP contribution in [-0.2, 0) is 4.79 Å². The van der Waals surface area contributed by atoms with Crippen LogP contribution in [-0.4, -0.2) is 55.0 Å². The zero-order chi connectivity index (χ0) is 11.8. The van der Waals surface area contributed by atoms with Crippen LogP contribution >= 0.6 is 0 Å². The van der Waals surface area contributed by atoms with E-state index in [4.69, 9.17) is 5.73 Å². The standard InChI is InChI=1S/C12H25N3O/c1-2-7-14(10-6-13)11-12(16)15-8-4-3-5-9-15/h2-11,13H2,1H3. The first-order valence-electron chi connectivity index (χ1n) is 6.48. The molecule has 0 aromatic rings. The van der Waals surface area contributed by atoms with Crippen molar-refractivity contribution < 1.29 is 4.79 Å². The third kappa shape index (κ3) is 4.49. The minimum atomic E-state index is 0.279. The summed E-state index contributed by atoms with van der Waals surface area (Å²) in [4.78, 5) is 16.2. The van der Waals surface area contributed by atoms with Crippen molar-refractivity contribution in [1.29, 1.82) is 0 Å². The Morgan fingerprint density at radius 1 is 1.25 bits per heavy atom. The Labute approximate surface area is 98.8 Å². The van der Waals surface area contributed by atoms with E-state index in [2.05, 4.69) is 11.8 Å². The van der Waals surface area contributed by atoms with E-state index in [1.807, 2.05) is 4.90 Å². The van der Waals surface area contributed by atoms with Gasteiger partial charge in [0.2, 0.25) is 5.91 Å². The smallest absolute Gasteiger partial charge is 0.236 e. The van der Waals surface area contributed by atoms with Crippen molar-refractivity contribution in [3.8, 4) is 0 Å². The van der Waals surface area contributed by atoms with Crippen LogP contribution in [0.1, 0.15) is 32.6 Å². The van der Waals surface area contributed by atoms with E-state index in [-0.39, 0.29) is 5.91 Å². The molecule has 0 atom stereocenters. The molecule has 0 unspecified atom stereocenters. The summed E-state index contributed by atoms with van der Waals surface area (Å²) < 4.78 is 0. The molecule has 4 nitrogen and oxygen atoms in total. The molecule has 1 fully saturated rings. The summed E-state index contributed by atoms with van der Waals surface area (Å²) in [5, 5.41) is 0. The van der Waals surface area contributed by atoms with Gasteiger partial charge in [0.25, 0.3) is 0 Å². The van der Waals surface area contributed by atoms with Crippen molar-refractivity contribution in [2.45, 2.75) is 32.6 Å². The summed E-state index contributed by atoms with van der Waals surface area (Å²) >= 11 is 0. The molecule has 0 saturated carbocycles. The third-order valence-corrected chi connectivity index (χ3v) is 3.05. The SMILES string of the molecule is CCCN(CCN)CC(=O)N1CCCCC1. The lowest BCUT2D eigenvalue weighted by Gasteiger charge is -2.29. The number of carbonyl (C=O) groups is 1. The predicted octanol–water partition coefficient (Wildman–Crippen LogP) is 0.670. The highest BCUT2D eigenvalue weighted by molar-refractivity contribution is 5.78. The first kappa shape index (κ1) is 13.5. The summed E-state index contributed by atoms with van der Waals surface area (Å²) in [6, 6.07) is 0. The number of hydrogen-bond acceptors (Lipinski definition) is 3. The fourth-order valence-electron chi connectivity index (χ4n) is 2.20. The van der Waals surface area contributed by atoms with Gasteiger partial charge in [0.15, 0.2) is 0 Å². The second-order valence-corrected chi connectivity index (χ2v) is 4.51. The van der Waals surface area contributed by atoms with Crippen LogP contribution in [0.3, 0.4) is 0 Å². The van der Waals surface area contributed by atoms with Crippen LogP contribution < -0.4 is 5.73 Å². The molecule has 2 N–H and O–H groups in total. The second-order valence-electron chi connectivity index (χ2n) is 4.51. The lowest BCUT2D eigenvalue weighted by atomic mass is 10.1. The van der Waals surface area contributed by atoms with Crippen molar-refractivity contribution in [2.75, 3.05) is 39.3 Å². The first-order valence-corrected chi connectivity index (χ1v) is 6.48. The molecule has 1 heterocycles. The Morgan fingerprint density at radius 2 is 1.94 bits per heavy atom. The molecule has 1 rings (SSSR count). The van der Waals surface area contributed by atoms with E-state index in [1.54, 1.807) is 0 Å². The molecule has 16 heavy (non-hydrogen) atoms. The number of nitrogens with two attached hydrogens (primary N) is 1. The van der Waals surface area contributed by atoms with Crippen molar-refractivity contribution in [3.05, 3.63) is 0 Å². The van der Waals surface area contributed by atoms with Gasteiger partial charge in [-0.15, -0.1) is 0 Å². The highest BCUT2D eigenvalue weighted by Crippen LogP contribution is 2.09. The van der Waals surface area contributed by atoms with Crippen LogP contribution in [0.25, 0.3) is 0 Å². The summed E-state index contributed by atoms with van der Waals surface area (Å²) in [5.74, 6) is 0.279. The average Bonchev–Trinajstić information content (AvgIpc) is 2.31. The fraction of sp³-hybridized carbons (Fsp3) is 0.917. The Morgan fingerprint density at radius 3 is 2.50 bits per heavy atom. The van der Waals surface area contributed by atoms with Gasteiger partial charge in [-0.3, -0.25) is 9.69 Å². The molecule has 94 valence electrons. The second kappa shape index (κ2) is 7.63. The Kier molecular flexibility index (Phi) is 6.42. The molecule has 1 aliphatic heterocycles. The van der Waals surface area contributed by atoms with E-state index in [1.165, 1.54) is 6.42 Å². The normalized spacial score (nSPS) is 16.8. The third-order valence-electron chi connectivity index (χ3n) is 3.05. The molecule has 0 aliphatic carbocycles. The van der Waals surface area contributed by atoms with Gasteiger partial charge in [-0.2, -0.15) is 0 Å². The largest absolute Gasteiger partial charge is 0.342 e. The van der Waals surface area contributed by atoms with Crippen LogP contribution in [0.5, 0.6) is 0 Å². The minimum absolute atomic E-state index is 0.279. The van der Waals surface area contributed by atoms with Crippen molar-refractivity contribution in [1.82, 2.24) is 9.80 Å². The topological polar surface area (TPSA) is 49.6 Å². The predicted molar refractivity (Wildman–Crippen MR) is 66.2 cm³/mol. The number of likely N-dealkylation sites (tertiary alicyclic amines) is 1. The zero-order valence-electron chi connectivity index (χ0n) is 10.5. The summed E-state index contributed by atoms with van der Waals surface area (Å²) in [6.07, 6.45) is 4.67. The molecule has 0 bridgehead atoms. The number of piperidine rings is 1. The Balaban J connectivity index is 2.33. The van der Waals surface area contributed by atoms with E-state index in [0.717, 1.165) is 45.4 Å². The van der Waals surface area contributed by atoms with Gasteiger partial charge in [0.05, 0.1) is 6.54 Å². The number of hydrogen-bond donors (Lipinski definition) is 1. The van der Waals surface area contributed by atoms with Gasteiger partial charge >= 0.3 is 0 Å².